The van der Waals surface area contributed by atoms with Crippen LogP contribution in [-0.2, 0) is 19.6 Å². The van der Waals surface area contributed by atoms with Gasteiger partial charge in [-0.05, 0) is 49.3 Å². The Kier molecular flexibility index (Phi) is 7.95. The number of unbranched alkanes of at least 4 members (excludes halogenated alkanes) is 1. The Morgan fingerprint density at radius 2 is 1.77 bits per heavy atom. The van der Waals surface area contributed by atoms with Gasteiger partial charge in [0.05, 0.1) is 10.6 Å². The van der Waals surface area contributed by atoms with Crippen molar-refractivity contribution in [1.82, 2.24) is 19.0 Å². The SMILES string of the molecule is CCCCN1C(=O)C(C#N)=C(C)/C(=C\c2cn(-c3ccccc3)nc2-c2cccc(S(=O)(=O)N(C)C)c2)C1=O. The van der Waals surface area contributed by atoms with Crippen LogP contribution in [0.3, 0.4) is 0 Å². The van der Waals surface area contributed by atoms with Gasteiger partial charge in [0.2, 0.25) is 10.0 Å². The predicted molar refractivity (Wildman–Crippen MR) is 148 cm³/mol. The first-order chi connectivity index (χ1) is 18.6. The minimum atomic E-state index is -3.70. The van der Waals surface area contributed by atoms with Crippen LogP contribution in [0.2, 0.25) is 0 Å². The van der Waals surface area contributed by atoms with Gasteiger partial charge < -0.3 is 0 Å². The molecule has 200 valence electrons. The summed E-state index contributed by atoms with van der Waals surface area (Å²) in [7, 11) is -0.777. The fourth-order valence-corrected chi connectivity index (χ4v) is 5.20. The van der Waals surface area contributed by atoms with E-state index in [0.29, 0.717) is 28.8 Å². The van der Waals surface area contributed by atoms with E-state index in [2.05, 4.69) is 0 Å². The number of nitriles is 1. The number of hydrogen-bond donors (Lipinski definition) is 0. The van der Waals surface area contributed by atoms with Gasteiger partial charge in [0.1, 0.15) is 17.3 Å². The highest BCUT2D eigenvalue weighted by atomic mass is 32.2. The highest BCUT2D eigenvalue weighted by Crippen LogP contribution is 2.32. The van der Waals surface area contributed by atoms with Gasteiger partial charge in [0.15, 0.2) is 0 Å². The first kappa shape index (κ1) is 27.7. The molecule has 9 nitrogen and oxygen atoms in total. The number of nitrogens with zero attached hydrogens (tertiary/aromatic N) is 5. The Morgan fingerprint density at radius 1 is 1.05 bits per heavy atom. The molecule has 1 aliphatic rings. The zero-order chi connectivity index (χ0) is 28.3. The minimum absolute atomic E-state index is 0.0759. The van der Waals surface area contributed by atoms with Crippen molar-refractivity contribution < 1.29 is 18.0 Å². The molecule has 4 rings (SSSR count). The molecule has 2 amide bonds. The topological polar surface area (TPSA) is 116 Å². The summed E-state index contributed by atoms with van der Waals surface area (Å²) in [5.74, 6) is -1.07. The summed E-state index contributed by atoms with van der Waals surface area (Å²) in [5, 5.41) is 14.5. The molecule has 1 aromatic heterocycles. The van der Waals surface area contributed by atoms with E-state index in [-0.39, 0.29) is 22.6 Å². The lowest BCUT2D eigenvalue weighted by atomic mass is 9.93. The van der Waals surface area contributed by atoms with E-state index in [0.717, 1.165) is 21.3 Å². The lowest BCUT2D eigenvalue weighted by Crippen LogP contribution is -2.43. The van der Waals surface area contributed by atoms with E-state index in [4.69, 9.17) is 5.10 Å². The van der Waals surface area contributed by atoms with Crippen LogP contribution in [0.1, 0.15) is 32.3 Å². The lowest BCUT2D eigenvalue weighted by Gasteiger charge is -2.27. The zero-order valence-corrected chi connectivity index (χ0v) is 23.1. The Hall–Kier alpha value is -4.33. The van der Waals surface area contributed by atoms with E-state index >= 15 is 0 Å². The van der Waals surface area contributed by atoms with Crippen LogP contribution in [0.4, 0.5) is 0 Å². The second-order valence-electron chi connectivity index (χ2n) is 9.31. The van der Waals surface area contributed by atoms with Gasteiger partial charge in [-0.1, -0.05) is 43.7 Å². The smallest absolute Gasteiger partial charge is 0.271 e. The molecule has 0 radical (unpaired) electrons. The largest absolute Gasteiger partial charge is 0.274 e. The van der Waals surface area contributed by atoms with Crippen LogP contribution in [-0.4, -0.2) is 59.9 Å². The first-order valence-electron chi connectivity index (χ1n) is 12.5. The van der Waals surface area contributed by atoms with Crippen LogP contribution < -0.4 is 0 Å². The molecule has 0 saturated heterocycles. The number of hydrogen-bond acceptors (Lipinski definition) is 6. The van der Waals surface area contributed by atoms with Gasteiger partial charge in [-0.15, -0.1) is 0 Å². The van der Waals surface area contributed by atoms with E-state index in [9.17, 15) is 23.3 Å². The third-order valence-electron chi connectivity index (χ3n) is 6.51. The highest BCUT2D eigenvalue weighted by Gasteiger charge is 2.35. The summed E-state index contributed by atoms with van der Waals surface area (Å²) in [4.78, 5) is 27.6. The second-order valence-corrected chi connectivity index (χ2v) is 11.5. The average molecular weight is 544 g/mol. The van der Waals surface area contributed by atoms with Crippen molar-refractivity contribution in [2.75, 3.05) is 20.6 Å². The standard InChI is InChI=1S/C29H29N5O4S/c1-5-6-15-33-28(35)25(20(2)26(18-30)29(33)36)17-22-19-34(23-12-8-7-9-13-23)31-27(22)21-11-10-14-24(16-21)39(37,38)32(3)4/h7-14,16-17,19H,5-6,15H2,1-4H3/b25-17+. The van der Waals surface area contributed by atoms with Crippen molar-refractivity contribution in [3.63, 3.8) is 0 Å². The van der Waals surface area contributed by atoms with Crippen LogP contribution >= 0.6 is 0 Å². The first-order valence-corrected chi connectivity index (χ1v) is 13.9. The van der Waals surface area contributed by atoms with Crippen molar-refractivity contribution in [3.8, 4) is 23.0 Å². The number of rotatable bonds is 8. The van der Waals surface area contributed by atoms with Crippen LogP contribution in [0, 0.1) is 11.3 Å². The predicted octanol–water partition coefficient (Wildman–Crippen LogP) is 4.18. The van der Waals surface area contributed by atoms with Crippen LogP contribution in [0.15, 0.2) is 82.4 Å². The number of imide groups is 1. The van der Waals surface area contributed by atoms with Gasteiger partial charge in [-0.3, -0.25) is 14.5 Å². The van der Waals surface area contributed by atoms with Crippen LogP contribution in [0.25, 0.3) is 23.0 Å². The monoisotopic (exact) mass is 543 g/mol. The van der Waals surface area contributed by atoms with E-state index in [1.165, 1.54) is 26.2 Å². The quantitative estimate of drug-likeness (QED) is 0.311. The van der Waals surface area contributed by atoms with Gasteiger partial charge in [0.25, 0.3) is 11.8 Å². The number of amides is 2. The number of para-hydroxylation sites is 1. The van der Waals surface area contributed by atoms with Crippen molar-refractivity contribution in [2.24, 2.45) is 0 Å². The molecule has 0 saturated carbocycles. The molecule has 0 fully saturated rings. The van der Waals surface area contributed by atoms with Crippen molar-refractivity contribution in [2.45, 2.75) is 31.6 Å². The molecule has 0 aliphatic carbocycles. The molecule has 2 heterocycles. The molecule has 10 heteroatoms. The van der Waals surface area contributed by atoms with Gasteiger partial charge in [-0.25, -0.2) is 17.4 Å². The number of aromatic nitrogens is 2. The molecule has 39 heavy (non-hydrogen) atoms. The van der Waals surface area contributed by atoms with E-state index in [1.807, 2.05) is 43.3 Å². The zero-order valence-electron chi connectivity index (χ0n) is 22.2. The number of sulfonamides is 1. The molecule has 0 N–H and O–H groups in total. The maximum absolute atomic E-state index is 13.5. The molecule has 0 spiro atoms. The maximum Gasteiger partial charge on any atom is 0.271 e. The Morgan fingerprint density at radius 3 is 2.41 bits per heavy atom. The maximum atomic E-state index is 13.5. The Balaban J connectivity index is 1.94. The third-order valence-corrected chi connectivity index (χ3v) is 8.32. The molecule has 2 aromatic carbocycles. The fourth-order valence-electron chi connectivity index (χ4n) is 4.25. The summed E-state index contributed by atoms with van der Waals surface area (Å²) < 4.78 is 28.4. The summed E-state index contributed by atoms with van der Waals surface area (Å²) in [6, 6.07) is 17.8. The van der Waals surface area contributed by atoms with Gasteiger partial charge >= 0.3 is 0 Å². The minimum Gasteiger partial charge on any atom is -0.274 e. The lowest BCUT2D eigenvalue weighted by molar-refractivity contribution is -0.140. The number of benzene rings is 2. The summed E-state index contributed by atoms with van der Waals surface area (Å²) >= 11 is 0. The summed E-state index contributed by atoms with van der Waals surface area (Å²) in [5.41, 5.74) is 2.70. The molecule has 0 bridgehead atoms. The molecular weight excluding hydrogens is 514 g/mol. The average Bonchev–Trinajstić information content (AvgIpc) is 3.36. The van der Waals surface area contributed by atoms with Gasteiger partial charge in [-0.2, -0.15) is 10.4 Å². The molecular formula is C29H29N5O4S. The number of carbonyl (C=O) groups excluding carboxylic acids is 2. The normalized spacial score (nSPS) is 15.4. The molecule has 0 unspecified atom stereocenters. The second kappa shape index (κ2) is 11.2. The Bertz CT molecular complexity index is 1640. The summed E-state index contributed by atoms with van der Waals surface area (Å²) in [6.45, 7) is 3.75. The highest BCUT2D eigenvalue weighted by molar-refractivity contribution is 7.89. The van der Waals surface area contributed by atoms with Crippen LogP contribution in [0.5, 0.6) is 0 Å². The molecule has 3 aromatic rings. The fraction of sp³-hybridized carbons (Fsp3) is 0.241. The molecule has 1 aliphatic heterocycles. The third kappa shape index (κ3) is 5.32. The van der Waals surface area contributed by atoms with E-state index < -0.39 is 21.8 Å². The number of carbonyl (C=O) groups is 2. The summed E-state index contributed by atoms with van der Waals surface area (Å²) in [6.07, 6.45) is 4.76. The van der Waals surface area contributed by atoms with Crippen molar-refractivity contribution in [3.05, 3.63) is 83.1 Å². The Labute approximate surface area is 228 Å². The van der Waals surface area contributed by atoms with Crippen molar-refractivity contribution in [1.29, 1.82) is 5.26 Å². The van der Waals surface area contributed by atoms with E-state index in [1.54, 1.807) is 36.0 Å². The van der Waals surface area contributed by atoms with Gasteiger partial charge in [0, 0.05) is 43.5 Å². The molecule has 0 atom stereocenters. The van der Waals surface area contributed by atoms with Crippen molar-refractivity contribution >= 4 is 27.9 Å².